The molecule has 0 bridgehead atoms. The first-order valence-corrected chi connectivity index (χ1v) is 13.6. The molecule has 206 valence electrons. The van der Waals surface area contributed by atoms with Crippen LogP contribution in [-0.2, 0) is 17.7 Å². The number of hydrogen-bond donors (Lipinski definition) is 2. The molecule has 0 spiro atoms. The Bertz CT molecular complexity index is 1480. The van der Waals surface area contributed by atoms with E-state index in [1.54, 1.807) is 12.1 Å². The fourth-order valence-corrected chi connectivity index (χ4v) is 4.83. The van der Waals surface area contributed by atoms with Crippen molar-refractivity contribution in [1.29, 1.82) is 0 Å². The maximum Gasteiger partial charge on any atom is 0.270 e. The van der Waals surface area contributed by atoms with Gasteiger partial charge < -0.3 is 20.1 Å². The van der Waals surface area contributed by atoms with Crippen molar-refractivity contribution in [3.05, 3.63) is 89.9 Å². The lowest BCUT2D eigenvalue weighted by Crippen LogP contribution is -2.46. The van der Waals surface area contributed by atoms with Crippen LogP contribution in [0.2, 0.25) is 0 Å². The monoisotopic (exact) mass is 540 g/mol. The number of anilines is 3. The van der Waals surface area contributed by atoms with E-state index < -0.39 is 5.82 Å². The van der Waals surface area contributed by atoms with Gasteiger partial charge in [-0.05, 0) is 71.5 Å². The Balaban J connectivity index is 1.25. The van der Waals surface area contributed by atoms with Crippen molar-refractivity contribution in [1.82, 2.24) is 9.97 Å². The van der Waals surface area contributed by atoms with Crippen LogP contribution in [0.1, 0.15) is 31.4 Å². The lowest BCUT2D eigenvalue weighted by atomic mass is 10.0. The van der Waals surface area contributed by atoms with Crippen molar-refractivity contribution in [2.45, 2.75) is 39.3 Å². The molecule has 0 amide bonds. The molecule has 1 atom stereocenters. The number of azo groups is 1. The molecule has 1 fully saturated rings. The van der Waals surface area contributed by atoms with Gasteiger partial charge in [-0.15, -0.1) is 5.11 Å². The van der Waals surface area contributed by atoms with Gasteiger partial charge in [0, 0.05) is 17.9 Å². The van der Waals surface area contributed by atoms with Crippen molar-refractivity contribution in [3.8, 4) is 16.9 Å². The number of halogens is 1. The average molecular weight is 541 g/mol. The van der Waals surface area contributed by atoms with Crippen LogP contribution in [0.3, 0.4) is 0 Å². The average Bonchev–Trinajstić information content (AvgIpc) is 2.99. The molecule has 8 nitrogen and oxygen atoms in total. The molecule has 0 aliphatic carbocycles. The van der Waals surface area contributed by atoms with Crippen molar-refractivity contribution in [2.75, 3.05) is 30.0 Å². The number of aromatic hydroxyl groups is 1. The van der Waals surface area contributed by atoms with Crippen LogP contribution in [0.5, 0.6) is 5.75 Å². The highest BCUT2D eigenvalue weighted by molar-refractivity contribution is 5.69. The van der Waals surface area contributed by atoms with Gasteiger partial charge in [0.1, 0.15) is 5.75 Å². The molecule has 0 saturated carbocycles. The molecule has 1 saturated heterocycles. The summed E-state index contributed by atoms with van der Waals surface area (Å²) in [7, 11) is 0. The molecule has 0 radical (unpaired) electrons. The Morgan fingerprint density at radius 1 is 1.02 bits per heavy atom. The van der Waals surface area contributed by atoms with E-state index in [9.17, 15) is 9.50 Å². The second-order valence-electron chi connectivity index (χ2n) is 9.66. The summed E-state index contributed by atoms with van der Waals surface area (Å²) in [6, 6.07) is 21.5. The number of rotatable bonds is 9. The Labute approximate surface area is 233 Å². The molecule has 3 aromatic carbocycles. The minimum Gasteiger partial charge on any atom is -0.508 e. The first-order chi connectivity index (χ1) is 19.5. The Kier molecular flexibility index (Phi) is 8.61. The third kappa shape index (κ3) is 6.43. The number of nitrogens with zero attached hydrogens (tertiary/aromatic N) is 5. The summed E-state index contributed by atoms with van der Waals surface area (Å²) < 4.78 is 20.1. The molecule has 1 aliphatic heterocycles. The fourth-order valence-electron chi connectivity index (χ4n) is 4.83. The first-order valence-electron chi connectivity index (χ1n) is 13.6. The van der Waals surface area contributed by atoms with Gasteiger partial charge in [0.15, 0.2) is 11.6 Å². The molecule has 40 heavy (non-hydrogen) atoms. The zero-order chi connectivity index (χ0) is 27.9. The van der Waals surface area contributed by atoms with E-state index in [4.69, 9.17) is 4.74 Å². The first kappa shape index (κ1) is 27.2. The maximum absolute atomic E-state index is 14.6. The highest BCUT2D eigenvalue weighted by Gasteiger charge is 2.25. The van der Waals surface area contributed by atoms with Gasteiger partial charge in [-0.3, -0.25) is 0 Å². The lowest BCUT2D eigenvalue weighted by molar-refractivity contribution is 0.0921. The van der Waals surface area contributed by atoms with Crippen LogP contribution in [0.15, 0.2) is 83.2 Å². The molecular weight excluding hydrogens is 507 g/mol. The summed E-state index contributed by atoms with van der Waals surface area (Å²) in [4.78, 5) is 10.3. The van der Waals surface area contributed by atoms with Crippen LogP contribution < -0.4 is 10.2 Å². The Morgan fingerprint density at radius 3 is 2.62 bits per heavy atom. The number of ether oxygens (including phenoxy) is 1. The van der Waals surface area contributed by atoms with E-state index in [2.05, 4.69) is 38.5 Å². The third-order valence-corrected chi connectivity index (χ3v) is 7.03. The molecule has 4 aromatic rings. The van der Waals surface area contributed by atoms with E-state index in [-0.39, 0.29) is 23.6 Å². The van der Waals surface area contributed by atoms with Crippen molar-refractivity contribution in [3.63, 3.8) is 0 Å². The molecule has 1 aromatic heterocycles. The number of phenols is 1. The van der Waals surface area contributed by atoms with Gasteiger partial charge in [0.2, 0.25) is 0 Å². The SMILES string of the molecule is CCc1cc(Nc2ccc(-c3cccc(O)c3)cc2)ccc1CN=Nc1ncc(F)c(N2CCOCC2CC)n1. The van der Waals surface area contributed by atoms with Crippen molar-refractivity contribution >= 4 is 23.1 Å². The van der Waals surface area contributed by atoms with Crippen LogP contribution in [0, 0.1) is 5.82 Å². The topological polar surface area (TPSA) is 95.2 Å². The smallest absolute Gasteiger partial charge is 0.270 e. The minimum atomic E-state index is -0.468. The zero-order valence-electron chi connectivity index (χ0n) is 22.7. The summed E-state index contributed by atoms with van der Waals surface area (Å²) >= 11 is 0. The number of nitrogens with one attached hydrogen (secondary N) is 1. The molecular formula is C31H33FN6O2. The third-order valence-electron chi connectivity index (χ3n) is 7.03. The molecule has 2 heterocycles. The van der Waals surface area contributed by atoms with E-state index in [0.29, 0.717) is 26.3 Å². The second-order valence-corrected chi connectivity index (χ2v) is 9.66. The lowest BCUT2D eigenvalue weighted by Gasteiger charge is -2.35. The van der Waals surface area contributed by atoms with Crippen molar-refractivity contribution < 1.29 is 14.2 Å². The molecule has 1 aliphatic rings. The molecule has 5 rings (SSSR count). The summed E-state index contributed by atoms with van der Waals surface area (Å²) in [6.07, 6.45) is 2.83. The molecule has 9 heteroatoms. The van der Waals surface area contributed by atoms with Crippen LogP contribution in [0.4, 0.5) is 27.5 Å². The second kappa shape index (κ2) is 12.7. The number of hydrogen-bond acceptors (Lipinski definition) is 8. The highest BCUT2D eigenvalue weighted by atomic mass is 19.1. The summed E-state index contributed by atoms with van der Waals surface area (Å²) in [5.41, 5.74) is 6.15. The van der Waals surface area contributed by atoms with Gasteiger partial charge in [-0.25, -0.2) is 9.37 Å². The quantitative estimate of drug-likeness (QED) is 0.218. The van der Waals surface area contributed by atoms with Crippen LogP contribution in [-0.4, -0.2) is 40.9 Å². The molecule has 1 unspecified atom stereocenters. The number of benzene rings is 3. The maximum atomic E-state index is 14.6. The number of morpholine rings is 1. The van der Waals surface area contributed by atoms with Crippen LogP contribution in [0.25, 0.3) is 11.1 Å². The van der Waals surface area contributed by atoms with Gasteiger partial charge in [0.05, 0.1) is 32.0 Å². The largest absolute Gasteiger partial charge is 0.508 e. The van der Waals surface area contributed by atoms with Gasteiger partial charge >= 0.3 is 0 Å². The normalized spacial score (nSPS) is 15.5. The van der Waals surface area contributed by atoms with Crippen molar-refractivity contribution in [2.24, 2.45) is 10.2 Å². The van der Waals surface area contributed by atoms with Crippen LogP contribution >= 0.6 is 0 Å². The standard InChI is InChI=1S/C31H33FN6O2/c1-3-21-16-26(35-25-11-8-22(9-12-25)23-6-5-7-28(39)17-23)13-10-24(21)18-34-37-31-33-19-29(32)30(36-31)38-14-15-40-20-27(38)4-2/h5-13,16-17,19,27,35,39H,3-4,14-15,18,20H2,1-2H3. The predicted octanol–water partition coefficient (Wildman–Crippen LogP) is 7.19. The van der Waals surface area contributed by atoms with Gasteiger partial charge in [0.25, 0.3) is 5.95 Å². The minimum absolute atomic E-state index is 0.0680. The van der Waals surface area contributed by atoms with Gasteiger partial charge in [-0.1, -0.05) is 44.2 Å². The number of aromatic nitrogens is 2. The Hall–Kier alpha value is -4.37. The van der Waals surface area contributed by atoms with Gasteiger partial charge in [-0.2, -0.15) is 10.1 Å². The molecule has 2 N–H and O–H groups in total. The fraction of sp³-hybridized carbons (Fsp3) is 0.290. The van der Waals surface area contributed by atoms with E-state index in [1.807, 2.05) is 60.4 Å². The zero-order valence-corrected chi connectivity index (χ0v) is 22.7. The summed E-state index contributed by atoms with van der Waals surface area (Å²) in [6.45, 7) is 6.18. The number of aryl methyl sites for hydroxylation is 1. The van der Waals surface area contributed by atoms with E-state index in [1.165, 1.54) is 0 Å². The highest BCUT2D eigenvalue weighted by Crippen LogP contribution is 2.27. The number of phenolic OH excluding ortho intramolecular Hbond substituents is 1. The van der Waals surface area contributed by atoms with E-state index in [0.717, 1.165) is 52.7 Å². The summed E-state index contributed by atoms with van der Waals surface area (Å²) in [5.74, 6) is 0.172. The van der Waals surface area contributed by atoms with E-state index >= 15 is 0 Å². The summed E-state index contributed by atoms with van der Waals surface area (Å²) in [5, 5.41) is 21.7. The Morgan fingerprint density at radius 2 is 1.85 bits per heavy atom. The predicted molar refractivity (Wildman–Crippen MR) is 155 cm³/mol.